The van der Waals surface area contributed by atoms with Crippen LogP contribution in [0, 0.1) is 59.2 Å². The lowest BCUT2D eigenvalue weighted by Gasteiger charge is -2.36. The van der Waals surface area contributed by atoms with Crippen LogP contribution in [0.2, 0.25) is 0 Å². The van der Waals surface area contributed by atoms with Crippen molar-refractivity contribution in [1.82, 2.24) is 0 Å². The Kier molecular flexibility index (Phi) is 1.32. The summed E-state index contributed by atoms with van der Waals surface area (Å²) in [5.41, 5.74) is 0. The van der Waals surface area contributed by atoms with Gasteiger partial charge in [0.1, 0.15) is 0 Å². The van der Waals surface area contributed by atoms with Crippen LogP contribution < -0.4 is 0 Å². The zero-order valence-electron chi connectivity index (χ0n) is 9.10. The van der Waals surface area contributed by atoms with Gasteiger partial charge in [0, 0.05) is 9.65 Å². The zero-order valence-corrected chi connectivity index (χ0v) is 12.3. The second-order valence-corrected chi connectivity index (χ2v) is 9.70. The summed E-state index contributed by atoms with van der Waals surface area (Å²) in [4.78, 5) is 1.71. The molecule has 16 heavy (non-hydrogen) atoms. The first kappa shape index (κ1) is 8.96. The van der Waals surface area contributed by atoms with Crippen LogP contribution in [0.5, 0.6) is 0 Å². The molecule has 7 saturated carbocycles. The Hall–Kier alpha value is 0.960. The van der Waals surface area contributed by atoms with Crippen LogP contribution in [0.4, 0.5) is 0 Å². The van der Waals surface area contributed by atoms with Crippen molar-refractivity contribution in [2.24, 2.45) is 59.2 Å². The van der Waals surface area contributed by atoms with Gasteiger partial charge in [-0.2, -0.15) is 0 Å². The van der Waals surface area contributed by atoms with Gasteiger partial charge < -0.3 is 0 Å². The Morgan fingerprint density at radius 3 is 1.75 bits per heavy atom. The van der Waals surface area contributed by atoms with E-state index >= 15 is 0 Å². The molecule has 86 valence electrons. The Morgan fingerprint density at radius 1 is 0.562 bits per heavy atom. The number of hydrogen-bond donors (Lipinski definition) is 0. The largest absolute Gasteiger partial charge is 0.0887 e. The number of rotatable bonds is 0. The Balaban J connectivity index is 1.54. The van der Waals surface area contributed by atoms with Crippen LogP contribution in [0.3, 0.4) is 0 Å². The lowest BCUT2D eigenvalue weighted by molar-refractivity contribution is 0.144. The average molecular weight is 344 g/mol. The summed E-state index contributed by atoms with van der Waals surface area (Å²) in [6, 6.07) is 0. The standard InChI is InChI=1S/C14H16Br2/c15-6-2-5-11-9-4-1-3-7(9)8(3)10(4)13(11)12(6)14(5)16/h3-14H,1-2H2. The molecule has 0 N–H and O–H groups in total. The van der Waals surface area contributed by atoms with Crippen LogP contribution in [-0.4, -0.2) is 9.65 Å². The SMILES string of the molecule is BrC1CC2C(Br)C1C1C2C2C3CC4C2C4C31. The lowest BCUT2D eigenvalue weighted by Crippen LogP contribution is -2.33. The Bertz CT molecular complexity index is 406. The molecule has 12 unspecified atom stereocenters. The van der Waals surface area contributed by atoms with Crippen molar-refractivity contribution in [3.63, 3.8) is 0 Å². The minimum atomic E-state index is 0.844. The molecule has 0 nitrogen and oxygen atoms in total. The van der Waals surface area contributed by atoms with Crippen molar-refractivity contribution < 1.29 is 0 Å². The number of fused-ring (bicyclic) bond motifs is 5. The van der Waals surface area contributed by atoms with Crippen molar-refractivity contribution in [3.8, 4) is 0 Å². The lowest BCUT2D eigenvalue weighted by atomic mass is 9.71. The van der Waals surface area contributed by atoms with Gasteiger partial charge in [0.2, 0.25) is 0 Å². The maximum atomic E-state index is 4.05. The van der Waals surface area contributed by atoms with E-state index in [0.29, 0.717) is 0 Å². The van der Waals surface area contributed by atoms with Gasteiger partial charge in [-0.3, -0.25) is 0 Å². The summed E-state index contributed by atoms with van der Waals surface area (Å²) in [7, 11) is 0. The third kappa shape index (κ3) is 0.650. The van der Waals surface area contributed by atoms with Gasteiger partial charge in [0.25, 0.3) is 0 Å². The van der Waals surface area contributed by atoms with Gasteiger partial charge in [-0.1, -0.05) is 31.9 Å². The van der Waals surface area contributed by atoms with Crippen LogP contribution in [0.25, 0.3) is 0 Å². The summed E-state index contributed by atoms with van der Waals surface area (Å²) in [6.07, 6.45) is 3.12. The first-order valence-electron chi connectivity index (χ1n) is 7.07. The molecule has 7 rings (SSSR count). The van der Waals surface area contributed by atoms with Gasteiger partial charge >= 0.3 is 0 Å². The van der Waals surface area contributed by atoms with Crippen LogP contribution >= 0.6 is 31.9 Å². The van der Waals surface area contributed by atoms with Crippen LogP contribution in [0.15, 0.2) is 0 Å². The van der Waals surface area contributed by atoms with E-state index in [0.717, 1.165) is 33.3 Å². The highest BCUT2D eigenvalue weighted by atomic mass is 79.9. The van der Waals surface area contributed by atoms with Gasteiger partial charge in [-0.25, -0.2) is 0 Å². The summed E-state index contributed by atoms with van der Waals surface area (Å²) in [6.45, 7) is 0. The highest BCUT2D eigenvalue weighted by Gasteiger charge is 2.84. The molecule has 0 radical (unpaired) electrons. The molecule has 0 amide bonds. The van der Waals surface area contributed by atoms with Crippen LogP contribution in [0.1, 0.15) is 12.8 Å². The van der Waals surface area contributed by atoms with E-state index in [1.165, 1.54) is 41.9 Å². The molecule has 7 fully saturated rings. The fourth-order valence-electron chi connectivity index (χ4n) is 7.82. The van der Waals surface area contributed by atoms with E-state index < -0.39 is 0 Å². The van der Waals surface area contributed by atoms with Crippen molar-refractivity contribution >= 4 is 31.9 Å². The molecular formula is C14H16Br2. The Morgan fingerprint density at radius 2 is 1.12 bits per heavy atom. The molecule has 8 bridgehead atoms. The third-order valence-corrected chi connectivity index (χ3v) is 9.95. The first-order valence-corrected chi connectivity index (χ1v) is 8.90. The van der Waals surface area contributed by atoms with E-state index in [9.17, 15) is 0 Å². The fourth-order valence-corrected chi connectivity index (χ4v) is 10.6. The average Bonchev–Trinajstić information content (AvgIpc) is 2.78. The van der Waals surface area contributed by atoms with Crippen molar-refractivity contribution in [2.75, 3.05) is 0 Å². The van der Waals surface area contributed by atoms with E-state index in [-0.39, 0.29) is 0 Å². The molecule has 0 heterocycles. The molecule has 0 aromatic heterocycles. The summed E-state index contributed by atoms with van der Waals surface area (Å²) in [5, 5.41) is 0. The van der Waals surface area contributed by atoms with E-state index in [4.69, 9.17) is 0 Å². The van der Waals surface area contributed by atoms with Gasteiger partial charge in [-0.05, 0) is 72.0 Å². The molecule has 7 aliphatic rings. The van der Waals surface area contributed by atoms with E-state index in [2.05, 4.69) is 31.9 Å². The molecular weight excluding hydrogens is 328 g/mol. The molecule has 0 aliphatic heterocycles. The number of alkyl halides is 2. The molecule has 7 aliphatic carbocycles. The van der Waals surface area contributed by atoms with Gasteiger partial charge in [0.15, 0.2) is 0 Å². The highest BCUT2D eigenvalue weighted by molar-refractivity contribution is 9.10. The minimum absolute atomic E-state index is 0.844. The maximum absolute atomic E-state index is 4.05. The first-order chi connectivity index (χ1) is 7.79. The molecule has 2 heteroatoms. The second kappa shape index (κ2) is 2.35. The quantitative estimate of drug-likeness (QED) is 0.590. The van der Waals surface area contributed by atoms with Crippen molar-refractivity contribution in [2.45, 2.75) is 22.5 Å². The molecule has 0 aromatic carbocycles. The topological polar surface area (TPSA) is 0 Å². The summed E-state index contributed by atoms with van der Waals surface area (Å²) >= 11 is 8.03. The van der Waals surface area contributed by atoms with Gasteiger partial charge in [-0.15, -0.1) is 0 Å². The van der Waals surface area contributed by atoms with Crippen LogP contribution in [-0.2, 0) is 0 Å². The predicted octanol–water partition coefficient (Wildman–Crippen LogP) is 3.54. The number of halogens is 2. The normalized spacial score (nSPS) is 84.4. The fraction of sp³-hybridized carbons (Fsp3) is 1.00. The van der Waals surface area contributed by atoms with E-state index in [1.54, 1.807) is 6.42 Å². The second-order valence-electron chi connectivity index (χ2n) is 7.46. The van der Waals surface area contributed by atoms with E-state index in [1.807, 2.05) is 0 Å². The molecule has 0 spiro atoms. The highest BCUT2D eigenvalue weighted by Crippen LogP contribution is 2.87. The predicted molar refractivity (Wildman–Crippen MR) is 69.6 cm³/mol. The number of hydrogen-bond acceptors (Lipinski definition) is 0. The summed E-state index contributed by atoms with van der Waals surface area (Å²) < 4.78 is 0. The monoisotopic (exact) mass is 342 g/mol. The molecule has 12 atom stereocenters. The van der Waals surface area contributed by atoms with Gasteiger partial charge in [0.05, 0.1) is 0 Å². The molecule has 0 aromatic rings. The maximum Gasteiger partial charge on any atom is 0.0219 e. The molecule has 0 saturated heterocycles. The van der Waals surface area contributed by atoms with Crippen molar-refractivity contribution in [3.05, 3.63) is 0 Å². The third-order valence-electron chi connectivity index (χ3n) is 7.68. The smallest absolute Gasteiger partial charge is 0.0219 e. The zero-order chi connectivity index (χ0) is 10.3. The Labute approximate surface area is 113 Å². The van der Waals surface area contributed by atoms with Crippen molar-refractivity contribution in [1.29, 1.82) is 0 Å². The summed E-state index contributed by atoms with van der Waals surface area (Å²) in [5.74, 6) is 11.6. The minimum Gasteiger partial charge on any atom is -0.0887 e.